The van der Waals surface area contributed by atoms with Crippen LogP contribution in [0.1, 0.15) is 24.7 Å². The molecule has 0 spiro atoms. The molecule has 100 valence electrons. The fraction of sp³-hybridized carbons (Fsp3) is 0.333. The number of ether oxygens (including phenoxy) is 1. The minimum Gasteiger partial charge on any atom is -0.497 e. The van der Waals surface area contributed by atoms with Gasteiger partial charge in [0.2, 0.25) is 0 Å². The van der Waals surface area contributed by atoms with E-state index in [4.69, 9.17) is 4.74 Å². The summed E-state index contributed by atoms with van der Waals surface area (Å²) in [5.41, 5.74) is 2.61. The second-order valence-corrected chi connectivity index (χ2v) is 4.51. The Hall–Kier alpha value is -2.10. The second kappa shape index (κ2) is 5.69. The van der Waals surface area contributed by atoms with E-state index in [-0.39, 0.29) is 5.56 Å². The number of hydrogen-bond acceptors (Lipinski definition) is 3. The molecule has 1 N–H and O–H groups in total. The van der Waals surface area contributed by atoms with Gasteiger partial charge in [0, 0.05) is 18.1 Å². The van der Waals surface area contributed by atoms with Crippen molar-refractivity contribution in [2.75, 3.05) is 7.11 Å². The van der Waals surface area contributed by atoms with Crippen LogP contribution >= 0.6 is 0 Å². The SMILES string of the molecule is CCCc1nc(-c2ccc(OC)cc2C)cc(=O)[nH]1. The van der Waals surface area contributed by atoms with Crippen molar-refractivity contribution in [3.05, 3.63) is 46.0 Å². The van der Waals surface area contributed by atoms with Crippen LogP contribution in [0.15, 0.2) is 29.1 Å². The van der Waals surface area contributed by atoms with Crippen LogP contribution in [-0.4, -0.2) is 17.1 Å². The molecule has 2 rings (SSSR count). The van der Waals surface area contributed by atoms with E-state index in [1.807, 2.05) is 25.1 Å². The summed E-state index contributed by atoms with van der Waals surface area (Å²) >= 11 is 0. The summed E-state index contributed by atoms with van der Waals surface area (Å²) < 4.78 is 5.18. The van der Waals surface area contributed by atoms with Crippen molar-refractivity contribution >= 4 is 0 Å². The van der Waals surface area contributed by atoms with Crippen molar-refractivity contribution in [2.24, 2.45) is 0 Å². The van der Waals surface area contributed by atoms with Crippen molar-refractivity contribution in [1.29, 1.82) is 0 Å². The number of rotatable bonds is 4. The monoisotopic (exact) mass is 258 g/mol. The number of benzene rings is 1. The summed E-state index contributed by atoms with van der Waals surface area (Å²) in [6, 6.07) is 7.29. The average Bonchev–Trinajstić information content (AvgIpc) is 2.38. The lowest BCUT2D eigenvalue weighted by atomic mass is 10.1. The van der Waals surface area contributed by atoms with Crippen LogP contribution in [0.5, 0.6) is 5.75 Å². The molecule has 0 radical (unpaired) electrons. The lowest BCUT2D eigenvalue weighted by Gasteiger charge is -2.08. The molecule has 4 nitrogen and oxygen atoms in total. The molecule has 0 unspecified atom stereocenters. The van der Waals surface area contributed by atoms with Gasteiger partial charge in [-0.2, -0.15) is 0 Å². The molecule has 0 aliphatic heterocycles. The van der Waals surface area contributed by atoms with Crippen molar-refractivity contribution in [3.8, 4) is 17.0 Å². The normalized spacial score (nSPS) is 10.5. The Kier molecular flexibility index (Phi) is 4.00. The lowest BCUT2D eigenvalue weighted by molar-refractivity contribution is 0.414. The first-order valence-corrected chi connectivity index (χ1v) is 6.39. The van der Waals surface area contributed by atoms with Crippen LogP contribution in [0, 0.1) is 6.92 Å². The van der Waals surface area contributed by atoms with Crippen LogP contribution in [0.25, 0.3) is 11.3 Å². The molecule has 0 fully saturated rings. The van der Waals surface area contributed by atoms with Gasteiger partial charge in [0.1, 0.15) is 11.6 Å². The van der Waals surface area contributed by atoms with E-state index in [0.717, 1.165) is 35.5 Å². The van der Waals surface area contributed by atoms with Crippen LogP contribution in [0.2, 0.25) is 0 Å². The number of H-pyrrole nitrogens is 1. The number of aromatic amines is 1. The highest BCUT2D eigenvalue weighted by Gasteiger charge is 2.07. The summed E-state index contributed by atoms with van der Waals surface area (Å²) in [5, 5.41) is 0. The van der Waals surface area contributed by atoms with E-state index in [2.05, 4.69) is 16.9 Å². The molecule has 0 aliphatic carbocycles. The highest BCUT2D eigenvalue weighted by atomic mass is 16.5. The van der Waals surface area contributed by atoms with E-state index < -0.39 is 0 Å². The van der Waals surface area contributed by atoms with Crippen molar-refractivity contribution < 1.29 is 4.74 Å². The number of methoxy groups -OCH3 is 1. The van der Waals surface area contributed by atoms with Crippen LogP contribution < -0.4 is 10.3 Å². The molecule has 0 bridgehead atoms. The van der Waals surface area contributed by atoms with Gasteiger partial charge >= 0.3 is 0 Å². The molecule has 1 aromatic carbocycles. The molecular formula is C15H18N2O2. The molecule has 1 aromatic heterocycles. The maximum Gasteiger partial charge on any atom is 0.251 e. The van der Waals surface area contributed by atoms with Gasteiger partial charge in [0.05, 0.1) is 12.8 Å². The molecular weight excluding hydrogens is 240 g/mol. The molecule has 0 atom stereocenters. The maximum atomic E-state index is 11.7. The third-order valence-corrected chi connectivity index (χ3v) is 2.99. The Morgan fingerprint density at radius 1 is 1.32 bits per heavy atom. The Morgan fingerprint density at radius 3 is 2.74 bits per heavy atom. The summed E-state index contributed by atoms with van der Waals surface area (Å²) in [6.07, 6.45) is 1.73. The van der Waals surface area contributed by atoms with E-state index in [1.54, 1.807) is 7.11 Å². The van der Waals surface area contributed by atoms with E-state index in [9.17, 15) is 4.79 Å². The standard InChI is InChI=1S/C15H18N2O2/c1-4-5-14-16-13(9-15(18)17-14)12-7-6-11(19-3)8-10(12)2/h6-9H,4-5H2,1-3H3,(H,16,17,18). The number of nitrogens with one attached hydrogen (secondary N) is 1. The Bertz CT molecular complexity index is 632. The zero-order chi connectivity index (χ0) is 13.8. The molecule has 2 aromatic rings. The molecule has 0 amide bonds. The van der Waals surface area contributed by atoms with E-state index in [0.29, 0.717) is 5.69 Å². The smallest absolute Gasteiger partial charge is 0.251 e. The number of aryl methyl sites for hydroxylation is 2. The van der Waals surface area contributed by atoms with Gasteiger partial charge in [-0.25, -0.2) is 4.98 Å². The summed E-state index contributed by atoms with van der Waals surface area (Å²) in [5.74, 6) is 1.54. The fourth-order valence-corrected chi connectivity index (χ4v) is 2.05. The Labute approximate surface area is 112 Å². The van der Waals surface area contributed by atoms with Crippen molar-refractivity contribution in [2.45, 2.75) is 26.7 Å². The van der Waals surface area contributed by atoms with Gasteiger partial charge in [-0.1, -0.05) is 6.92 Å². The molecule has 0 saturated carbocycles. The second-order valence-electron chi connectivity index (χ2n) is 4.51. The first kappa shape index (κ1) is 13.3. The molecule has 4 heteroatoms. The van der Waals surface area contributed by atoms with E-state index in [1.165, 1.54) is 6.07 Å². The molecule has 0 aliphatic rings. The number of hydrogen-bond donors (Lipinski definition) is 1. The largest absolute Gasteiger partial charge is 0.497 e. The number of aromatic nitrogens is 2. The molecule has 1 heterocycles. The lowest BCUT2D eigenvalue weighted by Crippen LogP contribution is -2.11. The van der Waals surface area contributed by atoms with Gasteiger partial charge in [-0.05, 0) is 37.1 Å². The first-order valence-electron chi connectivity index (χ1n) is 6.39. The minimum atomic E-state index is -0.108. The fourth-order valence-electron chi connectivity index (χ4n) is 2.05. The Balaban J connectivity index is 2.49. The third-order valence-electron chi connectivity index (χ3n) is 2.99. The molecule has 19 heavy (non-hydrogen) atoms. The first-order chi connectivity index (χ1) is 9.13. The van der Waals surface area contributed by atoms with Crippen LogP contribution in [-0.2, 0) is 6.42 Å². The predicted octanol–water partition coefficient (Wildman–Crippen LogP) is 2.71. The zero-order valence-corrected chi connectivity index (χ0v) is 11.5. The average molecular weight is 258 g/mol. The van der Waals surface area contributed by atoms with Gasteiger partial charge < -0.3 is 9.72 Å². The highest BCUT2D eigenvalue weighted by Crippen LogP contribution is 2.24. The number of nitrogens with zero attached hydrogens (tertiary/aromatic N) is 1. The van der Waals surface area contributed by atoms with Crippen molar-refractivity contribution in [3.63, 3.8) is 0 Å². The van der Waals surface area contributed by atoms with Crippen molar-refractivity contribution in [1.82, 2.24) is 9.97 Å². The highest BCUT2D eigenvalue weighted by molar-refractivity contribution is 5.64. The quantitative estimate of drug-likeness (QED) is 0.917. The van der Waals surface area contributed by atoms with Gasteiger partial charge in [0.25, 0.3) is 5.56 Å². The van der Waals surface area contributed by atoms with Crippen LogP contribution in [0.3, 0.4) is 0 Å². The third kappa shape index (κ3) is 3.02. The van der Waals surface area contributed by atoms with Gasteiger partial charge in [-0.15, -0.1) is 0 Å². The minimum absolute atomic E-state index is 0.108. The summed E-state index contributed by atoms with van der Waals surface area (Å²) in [6.45, 7) is 4.05. The van der Waals surface area contributed by atoms with Gasteiger partial charge in [-0.3, -0.25) is 4.79 Å². The maximum absolute atomic E-state index is 11.7. The van der Waals surface area contributed by atoms with Crippen LogP contribution in [0.4, 0.5) is 0 Å². The Morgan fingerprint density at radius 2 is 2.11 bits per heavy atom. The van der Waals surface area contributed by atoms with Gasteiger partial charge in [0.15, 0.2) is 0 Å². The zero-order valence-electron chi connectivity index (χ0n) is 11.5. The summed E-state index contributed by atoms with van der Waals surface area (Å²) in [7, 11) is 1.64. The van der Waals surface area contributed by atoms with E-state index >= 15 is 0 Å². The molecule has 0 saturated heterocycles. The summed E-state index contributed by atoms with van der Waals surface area (Å²) in [4.78, 5) is 19.0. The predicted molar refractivity (Wildman–Crippen MR) is 75.6 cm³/mol. The topological polar surface area (TPSA) is 55.0 Å².